The SMILES string of the molecule is O=COc1ccc2c(c1)NC(=O)C2. The summed E-state index contributed by atoms with van der Waals surface area (Å²) in [5.74, 6) is 0.411. The number of carbonyl (C=O) groups excluding carboxylic acids is 2. The lowest BCUT2D eigenvalue weighted by Crippen LogP contribution is -2.03. The summed E-state index contributed by atoms with van der Waals surface area (Å²) in [5.41, 5.74) is 1.66. The average Bonchev–Trinajstić information content (AvgIpc) is 2.44. The molecule has 1 amide bonds. The van der Waals surface area contributed by atoms with Gasteiger partial charge in [0.05, 0.1) is 6.42 Å². The average molecular weight is 177 g/mol. The number of carbonyl (C=O) groups is 2. The Morgan fingerprint density at radius 1 is 1.46 bits per heavy atom. The highest BCUT2D eigenvalue weighted by Crippen LogP contribution is 2.27. The van der Waals surface area contributed by atoms with E-state index in [2.05, 4.69) is 10.1 Å². The number of benzene rings is 1. The summed E-state index contributed by atoms with van der Waals surface area (Å²) in [6.45, 7) is 0.360. The number of hydrogen-bond donors (Lipinski definition) is 1. The van der Waals surface area contributed by atoms with E-state index < -0.39 is 0 Å². The van der Waals surface area contributed by atoms with Gasteiger partial charge in [-0.25, -0.2) is 0 Å². The summed E-state index contributed by atoms with van der Waals surface area (Å²) in [6.07, 6.45) is 0.400. The Hall–Kier alpha value is -1.84. The highest BCUT2D eigenvalue weighted by Gasteiger charge is 2.17. The fourth-order valence-corrected chi connectivity index (χ4v) is 1.32. The predicted molar refractivity (Wildman–Crippen MR) is 45.5 cm³/mol. The molecule has 4 nitrogen and oxygen atoms in total. The maximum atomic E-state index is 10.9. The molecule has 0 spiro atoms. The minimum absolute atomic E-state index is 0.0294. The molecule has 0 saturated carbocycles. The van der Waals surface area contributed by atoms with Crippen LogP contribution in [0.25, 0.3) is 0 Å². The van der Waals surface area contributed by atoms with Gasteiger partial charge in [0.1, 0.15) is 5.75 Å². The van der Waals surface area contributed by atoms with Crippen LogP contribution in [0.3, 0.4) is 0 Å². The molecule has 0 fully saturated rings. The lowest BCUT2D eigenvalue weighted by atomic mass is 10.1. The molecule has 1 heterocycles. The van der Waals surface area contributed by atoms with Crippen LogP contribution in [0.1, 0.15) is 5.56 Å². The van der Waals surface area contributed by atoms with E-state index in [1.54, 1.807) is 18.2 Å². The zero-order chi connectivity index (χ0) is 9.26. The molecular formula is C9H7NO3. The Morgan fingerprint density at radius 2 is 2.31 bits per heavy atom. The standard InChI is InChI=1S/C9H7NO3/c11-5-13-7-2-1-6-3-9(12)10-8(6)4-7/h1-2,4-5H,3H2,(H,10,12). The molecule has 0 unspecified atom stereocenters. The molecular weight excluding hydrogens is 170 g/mol. The van der Waals surface area contributed by atoms with Gasteiger partial charge in [-0.15, -0.1) is 0 Å². The molecule has 1 aromatic rings. The van der Waals surface area contributed by atoms with Gasteiger partial charge in [0, 0.05) is 11.8 Å². The Morgan fingerprint density at radius 3 is 3.08 bits per heavy atom. The van der Waals surface area contributed by atoms with Crippen LogP contribution in [-0.2, 0) is 16.0 Å². The van der Waals surface area contributed by atoms with Crippen molar-refractivity contribution in [2.75, 3.05) is 5.32 Å². The van der Waals surface area contributed by atoms with Crippen molar-refractivity contribution in [2.45, 2.75) is 6.42 Å². The number of nitrogens with one attached hydrogen (secondary N) is 1. The molecule has 1 aromatic carbocycles. The van der Waals surface area contributed by atoms with Crippen LogP contribution < -0.4 is 10.1 Å². The second-order valence-electron chi connectivity index (χ2n) is 2.76. The maximum Gasteiger partial charge on any atom is 0.298 e. The Kier molecular flexibility index (Phi) is 1.73. The third-order valence-electron chi connectivity index (χ3n) is 1.89. The Balaban J connectivity index is 2.34. The van der Waals surface area contributed by atoms with Crippen LogP contribution in [0.15, 0.2) is 18.2 Å². The van der Waals surface area contributed by atoms with Crippen LogP contribution in [0, 0.1) is 0 Å². The van der Waals surface area contributed by atoms with Crippen molar-refractivity contribution in [3.8, 4) is 5.75 Å². The molecule has 0 aromatic heterocycles. The van der Waals surface area contributed by atoms with Gasteiger partial charge in [0.15, 0.2) is 0 Å². The van der Waals surface area contributed by atoms with E-state index in [9.17, 15) is 9.59 Å². The van der Waals surface area contributed by atoms with Crippen molar-refractivity contribution in [3.63, 3.8) is 0 Å². The first kappa shape index (κ1) is 7.79. The van der Waals surface area contributed by atoms with Crippen LogP contribution in [-0.4, -0.2) is 12.4 Å². The fraction of sp³-hybridized carbons (Fsp3) is 0.111. The van der Waals surface area contributed by atoms with E-state index in [0.29, 0.717) is 18.6 Å². The highest BCUT2D eigenvalue weighted by atomic mass is 16.5. The number of amides is 1. The lowest BCUT2D eigenvalue weighted by molar-refractivity contribution is -0.120. The second kappa shape index (κ2) is 2.90. The first-order valence-corrected chi connectivity index (χ1v) is 3.82. The molecule has 66 valence electrons. The second-order valence-corrected chi connectivity index (χ2v) is 2.76. The van der Waals surface area contributed by atoms with Crippen molar-refractivity contribution in [3.05, 3.63) is 23.8 Å². The maximum absolute atomic E-state index is 10.9. The number of anilines is 1. The molecule has 0 saturated heterocycles. The number of fused-ring (bicyclic) bond motifs is 1. The van der Waals surface area contributed by atoms with Crippen LogP contribution in [0.5, 0.6) is 5.75 Å². The van der Waals surface area contributed by atoms with Crippen LogP contribution in [0.2, 0.25) is 0 Å². The molecule has 13 heavy (non-hydrogen) atoms. The van der Waals surface area contributed by atoms with Crippen LogP contribution in [0.4, 0.5) is 5.69 Å². The van der Waals surface area contributed by atoms with Gasteiger partial charge in [0.25, 0.3) is 6.47 Å². The van der Waals surface area contributed by atoms with E-state index in [-0.39, 0.29) is 5.91 Å². The summed E-state index contributed by atoms with van der Waals surface area (Å²) in [5, 5.41) is 2.66. The van der Waals surface area contributed by atoms with Crippen molar-refractivity contribution in [1.82, 2.24) is 0 Å². The molecule has 4 heteroatoms. The molecule has 0 atom stereocenters. The van der Waals surface area contributed by atoms with Gasteiger partial charge in [-0.3, -0.25) is 9.59 Å². The highest BCUT2D eigenvalue weighted by molar-refractivity contribution is 5.99. The normalized spacial score (nSPS) is 13.4. The minimum atomic E-state index is -0.0294. The monoisotopic (exact) mass is 177 g/mol. The van der Waals surface area contributed by atoms with Gasteiger partial charge in [-0.1, -0.05) is 6.07 Å². The molecule has 1 N–H and O–H groups in total. The van der Waals surface area contributed by atoms with Gasteiger partial charge in [0.2, 0.25) is 5.91 Å². The quantitative estimate of drug-likeness (QED) is 0.677. The Bertz CT molecular complexity index is 373. The summed E-state index contributed by atoms with van der Waals surface area (Å²) < 4.78 is 4.63. The zero-order valence-electron chi connectivity index (χ0n) is 6.74. The first-order valence-electron chi connectivity index (χ1n) is 3.82. The number of hydrogen-bond acceptors (Lipinski definition) is 3. The van der Waals surface area contributed by atoms with Crippen molar-refractivity contribution >= 4 is 18.1 Å². The third-order valence-corrected chi connectivity index (χ3v) is 1.89. The topological polar surface area (TPSA) is 55.4 Å². The van der Waals surface area contributed by atoms with E-state index in [1.165, 1.54) is 0 Å². The largest absolute Gasteiger partial charge is 0.429 e. The first-order chi connectivity index (χ1) is 6.29. The predicted octanol–water partition coefficient (Wildman–Crippen LogP) is 0.716. The van der Waals surface area contributed by atoms with Crippen LogP contribution >= 0.6 is 0 Å². The van der Waals surface area contributed by atoms with E-state index >= 15 is 0 Å². The molecule has 1 aliphatic rings. The summed E-state index contributed by atoms with van der Waals surface area (Å²) in [4.78, 5) is 21.0. The zero-order valence-corrected chi connectivity index (χ0v) is 6.74. The van der Waals surface area contributed by atoms with E-state index in [0.717, 1.165) is 11.3 Å². The minimum Gasteiger partial charge on any atom is -0.429 e. The molecule has 0 aliphatic carbocycles. The van der Waals surface area contributed by atoms with Crippen molar-refractivity contribution < 1.29 is 14.3 Å². The third kappa shape index (κ3) is 1.38. The molecule has 0 bridgehead atoms. The number of ether oxygens (including phenoxy) is 1. The van der Waals surface area contributed by atoms with Crippen molar-refractivity contribution in [1.29, 1.82) is 0 Å². The van der Waals surface area contributed by atoms with Gasteiger partial charge in [-0.2, -0.15) is 0 Å². The lowest BCUT2D eigenvalue weighted by Gasteiger charge is -2.00. The summed E-state index contributed by atoms with van der Waals surface area (Å²) >= 11 is 0. The summed E-state index contributed by atoms with van der Waals surface area (Å²) in [7, 11) is 0. The van der Waals surface area contributed by atoms with E-state index in [4.69, 9.17) is 0 Å². The fourth-order valence-electron chi connectivity index (χ4n) is 1.32. The molecule has 0 radical (unpaired) electrons. The van der Waals surface area contributed by atoms with Gasteiger partial charge in [-0.05, 0) is 11.6 Å². The molecule has 1 aliphatic heterocycles. The molecule has 2 rings (SSSR count). The van der Waals surface area contributed by atoms with Gasteiger partial charge >= 0.3 is 0 Å². The Labute approximate surface area is 74.5 Å². The summed E-state index contributed by atoms with van der Waals surface area (Å²) in [6, 6.07) is 5.06. The van der Waals surface area contributed by atoms with Crippen molar-refractivity contribution in [2.24, 2.45) is 0 Å². The van der Waals surface area contributed by atoms with Gasteiger partial charge < -0.3 is 10.1 Å². The van der Waals surface area contributed by atoms with E-state index in [1.807, 2.05) is 0 Å². The number of rotatable bonds is 2. The smallest absolute Gasteiger partial charge is 0.298 e.